The molecule has 0 aliphatic carbocycles. The summed E-state index contributed by atoms with van der Waals surface area (Å²) in [4.78, 5) is 48.5. The summed E-state index contributed by atoms with van der Waals surface area (Å²) in [5.74, 6) is 0.487. The number of hydrogen-bond donors (Lipinski definition) is 0. The van der Waals surface area contributed by atoms with Crippen LogP contribution in [0.15, 0.2) is 35.3 Å². The van der Waals surface area contributed by atoms with Crippen molar-refractivity contribution in [3.63, 3.8) is 0 Å². The Morgan fingerprint density at radius 3 is 2.43 bits per heavy atom. The average molecular weight is 430 g/mol. The fraction of sp³-hybridized carbons (Fsp3) is 0.450. The quantitative estimate of drug-likeness (QED) is 0.649. The van der Waals surface area contributed by atoms with Crippen LogP contribution in [0.4, 0.5) is 10.5 Å². The van der Waals surface area contributed by atoms with E-state index in [0.717, 1.165) is 18.0 Å². The molecule has 0 bridgehead atoms. The van der Waals surface area contributed by atoms with Crippen LogP contribution in [0.3, 0.4) is 0 Å². The van der Waals surface area contributed by atoms with Gasteiger partial charge in [0, 0.05) is 38.9 Å². The Labute approximate surface area is 179 Å². The molecule has 1 aromatic rings. The number of rotatable bonds is 3. The molecule has 1 unspecified atom stereocenters. The van der Waals surface area contributed by atoms with Crippen LogP contribution < -0.4 is 4.90 Å². The van der Waals surface area contributed by atoms with Crippen LogP contribution in [0.25, 0.3) is 0 Å². The van der Waals surface area contributed by atoms with E-state index in [1.54, 1.807) is 18.7 Å². The molecule has 1 atom stereocenters. The minimum absolute atomic E-state index is 0.0524. The maximum absolute atomic E-state index is 12.7. The van der Waals surface area contributed by atoms with Gasteiger partial charge in [-0.1, -0.05) is 18.2 Å². The molecule has 0 spiro atoms. The van der Waals surface area contributed by atoms with Crippen molar-refractivity contribution in [2.45, 2.75) is 6.04 Å². The lowest BCUT2D eigenvalue weighted by atomic mass is 10.2. The van der Waals surface area contributed by atoms with Crippen molar-refractivity contribution in [1.29, 1.82) is 0 Å². The van der Waals surface area contributed by atoms with E-state index in [2.05, 4.69) is 22.0 Å². The molecule has 30 heavy (non-hydrogen) atoms. The molecule has 0 aromatic heterocycles. The van der Waals surface area contributed by atoms with Gasteiger partial charge in [-0.3, -0.25) is 14.5 Å². The summed E-state index contributed by atoms with van der Waals surface area (Å²) in [6.07, 6.45) is 0. The van der Waals surface area contributed by atoms with E-state index in [-0.39, 0.29) is 23.6 Å². The number of anilines is 1. The molecule has 1 aromatic carbocycles. The highest BCUT2D eigenvalue weighted by molar-refractivity contribution is 8.13. The molecule has 3 aliphatic rings. The molecular formula is C20H25N6O3S+. The van der Waals surface area contributed by atoms with Crippen molar-refractivity contribution in [3.8, 4) is 0 Å². The van der Waals surface area contributed by atoms with Gasteiger partial charge in [0.1, 0.15) is 0 Å². The SMILES string of the molecule is CN1C(=O)C2N=C(SCC(=O)N3CCN(c4ccccc4)CC3)[N+](C)=C2N(C)C1=O. The van der Waals surface area contributed by atoms with Crippen molar-refractivity contribution in [2.75, 3.05) is 58.0 Å². The normalized spacial score (nSPS) is 22.0. The molecule has 2 saturated heterocycles. The van der Waals surface area contributed by atoms with E-state index in [1.807, 2.05) is 23.1 Å². The van der Waals surface area contributed by atoms with Gasteiger partial charge in [-0.2, -0.15) is 0 Å². The van der Waals surface area contributed by atoms with Gasteiger partial charge in [0.2, 0.25) is 5.91 Å². The van der Waals surface area contributed by atoms with E-state index in [0.29, 0.717) is 24.1 Å². The van der Waals surface area contributed by atoms with Gasteiger partial charge in [0.15, 0.2) is 0 Å². The molecule has 0 saturated carbocycles. The van der Waals surface area contributed by atoms with Gasteiger partial charge < -0.3 is 9.80 Å². The Hall–Kier alpha value is -2.88. The smallest absolute Gasteiger partial charge is 0.368 e. The number of carbonyl (C=O) groups is 3. The summed E-state index contributed by atoms with van der Waals surface area (Å²) < 4.78 is 1.73. The Bertz CT molecular complexity index is 939. The standard InChI is InChI=1S/C20H25N6O3S/c1-22-17-16(18(28)24(3)20(29)23(17)2)21-19(22)30-13-15(27)26-11-9-25(10-12-26)14-7-5-4-6-8-14/h4-8,16H,9-13H2,1-3H3/q+1. The van der Waals surface area contributed by atoms with Gasteiger partial charge in [0.25, 0.3) is 23.0 Å². The zero-order valence-corrected chi connectivity index (χ0v) is 18.1. The highest BCUT2D eigenvalue weighted by atomic mass is 32.2. The number of carbonyl (C=O) groups excluding carboxylic acids is 3. The lowest BCUT2D eigenvalue weighted by Gasteiger charge is -2.36. The number of hydrogen-bond acceptors (Lipinski definition) is 6. The Morgan fingerprint density at radius 1 is 1.10 bits per heavy atom. The molecule has 4 amide bonds. The fourth-order valence-electron chi connectivity index (χ4n) is 3.92. The van der Waals surface area contributed by atoms with Crippen molar-refractivity contribution in [1.82, 2.24) is 14.7 Å². The minimum Gasteiger partial charge on any atom is -0.368 e. The maximum atomic E-state index is 12.7. The number of amidine groups is 2. The molecule has 9 nitrogen and oxygen atoms in total. The van der Waals surface area contributed by atoms with Crippen LogP contribution in [0.2, 0.25) is 0 Å². The predicted octanol–water partition coefficient (Wildman–Crippen LogP) is 0.371. The first kappa shape index (κ1) is 20.4. The molecule has 0 N–H and O–H groups in total. The number of benzene rings is 1. The van der Waals surface area contributed by atoms with E-state index in [1.165, 1.54) is 29.4 Å². The Balaban J connectivity index is 1.35. The Kier molecular flexibility index (Phi) is 5.50. The number of likely N-dealkylation sites (N-methyl/N-ethyl adjacent to an activating group) is 2. The van der Waals surface area contributed by atoms with Crippen molar-refractivity contribution in [3.05, 3.63) is 30.3 Å². The predicted molar refractivity (Wildman–Crippen MR) is 116 cm³/mol. The molecule has 10 heteroatoms. The van der Waals surface area contributed by atoms with Gasteiger partial charge in [0.05, 0.1) is 19.8 Å². The first-order valence-corrected chi connectivity index (χ1v) is 10.8. The number of urea groups is 1. The summed E-state index contributed by atoms with van der Waals surface area (Å²) in [5.41, 5.74) is 1.17. The summed E-state index contributed by atoms with van der Waals surface area (Å²) in [5, 5.41) is 0.578. The third kappa shape index (κ3) is 3.55. The third-order valence-electron chi connectivity index (χ3n) is 5.68. The first-order valence-electron chi connectivity index (χ1n) is 9.82. The molecule has 2 fully saturated rings. The minimum atomic E-state index is -0.727. The largest absolute Gasteiger partial charge is 0.388 e. The fourth-order valence-corrected chi connectivity index (χ4v) is 4.82. The van der Waals surface area contributed by atoms with E-state index in [4.69, 9.17) is 0 Å². The van der Waals surface area contributed by atoms with Gasteiger partial charge in [-0.05, 0) is 23.9 Å². The first-order chi connectivity index (χ1) is 14.4. The average Bonchev–Trinajstić information content (AvgIpc) is 3.11. The van der Waals surface area contributed by atoms with Gasteiger partial charge in [-0.25, -0.2) is 14.3 Å². The summed E-state index contributed by atoms with van der Waals surface area (Å²) in [6, 6.07) is 9.09. The Morgan fingerprint density at radius 2 is 1.77 bits per heavy atom. The second-order valence-electron chi connectivity index (χ2n) is 7.46. The zero-order valence-electron chi connectivity index (χ0n) is 17.3. The van der Waals surface area contributed by atoms with Crippen LogP contribution in [-0.4, -0.2) is 107 Å². The van der Waals surface area contributed by atoms with Crippen LogP contribution in [-0.2, 0) is 9.59 Å². The summed E-state index contributed by atoms with van der Waals surface area (Å²) >= 11 is 1.31. The topological polar surface area (TPSA) is 79.5 Å². The van der Waals surface area contributed by atoms with Crippen molar-refractivity contribution in [2.24, 2.45) is 4.99 Å². The highest BCUT2D eigenvalue weighted by Crippen LogP contribution is 2.22. The van der Waals surface area contributed by atoms with E-state index >= 15 is 0 Å². The van der Waals surface area contributed by atoms with E-state index < -0.39 is 6.04 Å². The molecule has 158 valence electrons. The number of nitrogens with zero attached hydrogens (tertiary/aromatic N) is 6. The molecule has 0 radical (unpaired) electrons. The number of imide groups is 1. The number of para-hydroxylation sites is 1. The summed E-state index contributed by atoms with van der Waals surface area (Å²) in [6.45, 7) is 2.96. The number of amides is 4. The second-order valence-corrected chi connectivity index (χ2v) is 8.40. The summed E-state index contributed by atoms with van der Waals surface area (Å²) in [7, 11) is 4.86. The van der Waals surface area contributed by atoms with Crippen LogP contribution in [0, 0.1) is 0 Å². The second kappa shape index (κ2) is 8.10. The van der Waals surface area contributed by atoms with E-state index in [9.17, 15) is 14.4 Å². The van der Waals surface area contributed by atoms with Gasteiger partial charge in [-0.15, -0.1) is 4.99 Å². The van der Waals surface area contributed by atoms with Crippen LogP contribution >= 0.6 is 11.8 Å². The van der Waals surface area contributed by atoms with Gasteiger partial charge >= 0.3 is 6.03 Å². The molecule has 4 rings (SSSR count). The maximum Gasteiger partial charge on any atom is 0.388 e. The van der Waals surface area contributed by atoms with Crippen molar-refractivity contribution >= 4 is 46.3 Å². The van der Waals surface area contributed by atoms with Crippen LogP contribution in [0.5, 0.6) is 0 Å². The number of aliphatic imine (C=N–C) groups is 1. The monoisotopic (exact) mass is 429 g/mol. The number of piperazine rings is 1. The van der Waals surface area contributed by atoms with Crippen molar-refractivity contribution < 1.29 is 19.0 Å². The third-order valence-corrected chi connectivity index (χ3v) is 6.70. The van der Waals surface area contributed by atoms with Crippen LogP contribution in [0.1, 0.15) is 0 Å². The zero-order chi connectivity index (χ0) is 21.4. The highest BCUT2D eigenvalue weighted by Gasteiger charge is 2.51. The lowest BCUT2D eigenvalue weighted by Crippen LogP contribution is -2.59. The molecular weight excluding hydrogens is 404 g/mol. The molecule has 3 heterocycles. The number of fused-ring (bicyclic) bond motifs is 1. The number of thioether (sulfide) groups is 1. The molecule has 3 aliphatic heterocycles. The lowest BCUT2D eigenvalue weighted by molar-refractivity contribution is -0.367.